The van der Waals surface area contributed by atoms with Crippen LogP contribution in [0.25, 0.3) is 11.1 Å². The lowest BCUT2D eigenvalue weighted by Gasteiger charge is -2.32. The van der Waals surface area contributed by atoms with Crippen LogP contribution >= 0.6 is 24.8 Å². The maximum Gasteiger partial charge on any atom is 0.416 e. The van der Waals surface area contributed by atoms with Crippen LogP contribution in [0.2, 0.25) is 0 Å². The zero-order valence-corrected chi connectivity index (χ0v) is 19.4. The highest BCUT2D eigenvalue weighted by Crippen LogP contribution is 2.41. The molecule has 176 valence electrons. The highest BCUT2D eigenvalue weighted by molar-refractivity contribution is 5.85. The number of nitrogens with one attached hydrogen (secondary N) is 1. The fourth-order valence-corrected chi connectivity index (χ4v) is 3.97. The first-order valence-electron chi connectivity index (χ1n) is 10.3. The molecule has 9 heteroatoms. The molecule has 1 saturated carbocycles. The van der Waals surface area contributed by atoms with Crippen LogP contribution in [-0.2, 0) is 11.0 Å². The largest absolute Gasteiger partial charge is 0.416 e. The fraction of sp³-hybridized carbons (Fsp3) is 0.435. The number of likely N-dealkylation sites (N-methyl/N-ethyl adjacent to an activating group) is 1. The summed E-state index contributed by atoms with van der Waals surface area (Å²) in [6, 6.07) is 13.4. The lowest BCUT2D eigenvalue weighted by molar-refractivity contribution is -0.137. The molecule has 2 aromatic rings. The maximum absolute atomic E-state index is 12.9. The van der Waals surface area contributed by atoms with Gasteiger partial charge in [-0.3, -0.25) is 4.79 Å². The molecular weight excluding hydrogens is 462 g/mol. The van der Waals surface area contributed by atoms with Crippen molar-refractivity contribution in [3.8, 4) is 11.1 Å². The third-order valence-electron chi connectivity index (χ3n) is 6.02. The average Bonchev–Trinajstić information content (AvgIpc) is 3.52. The van der Waals surface area contributed by atoms with E-state index in [1.165, 1.54) is 12.1 Å². The van der Waals surface area contributed by atoms with Crippen molar-refractivity contribution < 1.29 is 18.0 Å². The summed E-state index contributed by atoms with van der Waals surface area (Å²) in [6.07, 6.45) is -3.37. The summed E-state index contributed by atoms with van der Waals surface area (Å²) in [4.78, 5) is 16.5. The summed E-state index contributed by atoms with van der Waals surface area (Å²) in [7, 11) is 2.06. The number of alkyl halides is 3. The molecule has 0 unspecified atom stereocenters. The van der Waals surface area contributed by atoms with Crippen molar-refractivity contribution in [2.45, 2.75) is 24.6 Å². The minimum atomic E-state index is -4.34. The number of nitrogens with zero attached hydrogens (tertiary/aromatic N) is 2. The fourth-order valence-electron chi connectivity index (χ4n) is 3.97. The lowest BCUT2D eigenvalue weighted by atomic mass is 10.0. The van der Waals surface area contributed by atoms with E-state index in [4.69, 9.17) is 0 Å². The van der Waals surface area contributed by atoms with Crippen LogP contribution in [0.3, 0.4) is 0 Å². The lowest BCUT2D eigenvalue weighted by Crippen LogP contribution is -2.49. The minimum absolute atomic E-state index is 0. The number of hydrogen-bond acceptors (Lipinski definition) is 3. The van der Waals surface area contributed by atoms with Crippen molar-refractivity contribution in [3.05, 3.63) is 59.7 Å². The summed E-state index contributed by atoms with van der Waals surface area (Å²) >= 11 is 0. The van der Waals surface area contributed by atoms with Crippen LogP contribution in [0.15, 0.2) is 48.5 Å². The summed E-state index contributed by atoms with van der Waals surface area (Å²) < 4.78 is 38.8. The van der Waals surface area contributed by atoms with E-state index in [-0.39, 0.29) is 36.8 Å². The summed E-state index contributed by atoms with van der Waals surface area (Å²) in [6.45, 7) is 3.74. The number of amides is 1. The number of carbonyl (C=O) groups excluding carboxylic acids is 1. The predicted molar refractivity (Wildman–Crippen MR) is 125 cm³/mol. The Morgan fingerprint density at radius 1 is 1.00 bits per heavy atom. The van der Waals surface area contributed by atoms with Gasteiger partial charge in [0, 0.05) is 38.1 Å². The Kier molecular flexibility index (Phi) is 8.99. The Hall–Kier alpha value is -1.80. The Bertz CT molecular complexity index is 900. The van der Waals surface area contributed by atoms with E-state index in [0.29, 0.717) is 18.0 Å². The van der Waals surface area contributed by atoms with Gasteiger partial charge in [-0.15, -0.1) is 24.8 Å². The van der Waals surface area contributed by atoms with E-state index in [1.54, 1.807) is 6.07 Å². The molecular formula is C23H28Cl2F3N3O. The second-order valence-corrected chi connectivity index (χ2v) is 8.21. The molecule has 0 spiro atoms. The monoisotopic (exact) mass is 489 g/mol. The van der Waals surface area contributed by atoms with E-state index in [2.05, 4.69) is 17.3 Å². The molecule has 0 radical (unpaired) electrons. The highest BCUT2D eigenvalue weighted by Gasteiger charge is 2.38. The molecule has 1 saturated heterocycles. The zero-order valence-electron chi connectivity index (χ0n) is 17.8. The standard InChI is InChI=1S/C23H26F3N3O.2ClH/c1-28-9-11-29(12-10-28)22(30)15-27-21-14-20(21)17-7-5-16(6-8-17)18-3-2-4-19(13-18)23(24,25)26;;/h2-8,13,20-21,27H,9-12,14-15H2,1H3;2*1H/t20-,21+;;/m0../s1. The summed E-state index contributed by atoms with van der Waals surface area (Å²) in [5.41, 5.74) is 1.83. The SMILES string of the molecule is CN1CCN(C(=O)CN[C@@H]2C[C@H]2c2ccc(-c3cccc(C(F)(F)F)c3)cc2)CC1.Cl.Cl. The maximum atomic E-state index is 12.9. The third kappa shape index (κ3) is 6.38. The number of halogens is 5. The molecule has 1 N–H and O–H groups in total. The van der Waals surface area contributed by atoms with Gasteiger partial charge in [-0.1, -0.05) is 36.4 Å². The first-order chi connectivity index (χ1) is 14.3. The Morgan fingerprint density at radius 3 is 2.28 bits per heavy atom. The van der Waals surface area contributed by atoms with E-state index in [0.717, 1.165) is 49.8 Å². The molecule has 0 bridgehead atoms. The van der Waals surface area contributed by atoms with E-state index >= 15 is 0 Å². The Morgan fingerprint density at radius 2 is 1.66 bits per heavy atom. The second-order valence-electron chi connectivity index (χ2n) is 8.21. The van der Waals surface area contributed by atoms with Gasteiger partial charge in [0.1, 0.15) is 0 Å². The number of piperazine rings is 1. The van der Waals surface area contributed by atoms with Crippen LogP contribution in [0.4, 0.5) is 13.2 Å². The van der Waals surface area contributed by atoms with Crippen molar-refractivity contribution in [3.63, 3.8) is 0 Å². The quantitative estimate of drug-likeness (QED) is 0.674. The smallest absolute Gasteiger partial charge is 0.339 e. The summed E-state index contributed by atoms with van der Waals surface area (Å²) in [5, 5.41) is 3.35. The molecule has 0 aromatic heterocycles. The highest BCUT2D eigenvalue weighted by atomic mass is 35.5. The van der Waals surface area contributed by atoms with Crippen LogP contribution < -0.4 is 5.32 Å². The third-order valence-corrected chi connectivity index (χ3v) is 6.02. The normalized spacial score (nSPS) is 20.8. The second kappa shape index (κ2) is 10.9. The number of hydrogen-bond donors (Lipinski definition) is 1. The minimum Gasteiger partial charge on any atom is -0.339 e. The Labute approximate surface area is 199 Å². The van der Waals surface area contributed by atoms with Crippen molar-refractivity contribution in [2.24, 2.45) is 0 Å². The topological polar surface area (TPSA) is 35.6 Å². The van der Waals surface area contributed by atoms with Gasteiger partial charge in [0.05, 0.1) is 12.1 Å². The van der Waals surface area contributed by atoms with Gasteiger partial charge in [-0.05, 0) is 42.3 Å². The number of carbonyl (C=O) groups is 1. The first kappa shape index (κ1) is 26.5. The van der Waals surface area contributed by atoms with Gasteiger partial charge < -0.3 is 15.1 Å². The van der Waals surface area contributed by atoms with Gasteiger partial charge in [-0.2, -0.15) is 13.2 Å². The van der Waals surface area contributed by atoms with Gasteiger partial charge in [0.25, 0.3) is 0 Å². The van der Waals surface area contributed by atoms with Crippen molar-refractivity contribution in [1.29, 1.82) is 0 Å². The molecule has 1 heterocycles. The van der Waals surface area contributed by atoms with Gasteiger partial charge >= 0.3 is 6.18 Å². The molecule has 1 aliphatic heterocycles. The summed E-state index contributed by atoms with van der Waals surface area (Å²) in [5.74, 6) is 0.495. The first-order valence-corrected chi connectivity index (χ1v) is 10.3. The molecule has 1 amide bonds. The number of benzene rings is 2. The van der Waals surface area contributed by atoms with E-state index in [9.17, 15) is 18.0 Å². The van der Waals surface area contributed by atoms with Crippen LogP contribution in [0, 0.1) is 0 Å². The zero-order chi connectivity index (χ0) is 21.3. The number of rotatable bonds is 5. The molecule has 2 fully saturated rings. The molecule has 32 heavy (non-hydrogen) atoms. The van der Waals surface area contributed by atoms with Crippen LogP contribution in [0.5, 0.6) is 0 Å². The Balaban J connectivity index is 0.00000181. The van der Waals surface area contributed by atoms with Crippen LogP contribution in [0.1, 0.15) is 23.5 Å². The van der Waals surface area contributed by atoms with Crippen molar-refractivity contribution >= 4 is 30.7 Å². The average molecular weight is 490 g/mol. The van der Waals surface area contributed by atoms with E-state index < -0.39 is 11.7 Å². The molecule has 2 aromatic carbocycles. The van der Waals surface area contributed by atoms with Crippen molar-refractivity contribution in [2.75, 3.05) is 39.8 Å². The van der Waals surface area contributed by atoms with Crippen LogP contribution in [-0.4, -0.2) is 61.5 Å². The van der Waals surface area contributed by atoms with Gasteiger partial charge in [0.15, 0.2) is 0 Å². The molecule has 4 nitrogen and oxygen atoms in total. The van der Waals surface area contributed by atoms with E-state index in [1.807, 2.05) is 29.2 Å². The van der Waals surface area contributed by atoms with Gasteiger partial charge in [-0.25, -0.2) is 0 Å². The predicted octanol–water partition coefficient (Wildman–Crippen LogP) is 4.44. The molecule has 4 rings (SSSR count). The molecule has 2 atom stereocenters. The molecule has 1 aliphatic carbocycles. The van der Waals surface area contributed by atoms with Gasteiger partial charge in [0.2, 0.25) is 5.91 Å². The van der Waals surface area contributed by atoms with Crippen molar-refractivity contribution in [1.82, 2.24) is 15.1 Å². The molecule has 2 aliphatic rings.